The molecule has 3 heteroatoms. The van der Waals surface area contributed by atoms with E-state index in [0.717, 1.165) is 45.0 Å². The lowest BCUT2D eigenvalue weighted by atomic mass is 9.93. The molecule has 0 radical (unpaired) electrons. The summed E-state index contributed by atoms with van der Waals surface area (Å²) in [6, 6.07) is 28.5. The first kappa shape index (κ1) is 21.2. The first-order valence-electron chi connectivity index (χ1n) is 11.4. The molecule has 0 aliphatic carbocycles. The number of allylic oxidation sites excluding steroid dienone is 4. The predicted octanol–water partition coefficient (Wildman–Crippen LogP) is 7.08. The second kappa shape index (κ2) is 9.05. The highest BCUT2D eigenvalue weighted by Gasteiger charge is 2.32. The van der Waals surface area contributed by atoms with Crippen molar-refractivity contribution in [3.63, 3.8) is 0 Å². The van der Waals surface area contributed by atoms with Gasteiger partial charge in [-0.1, -0.05) is 83.4 Å². The summed E-state index contributed by atoms with van der Waals surface area (Å²) in [6.07, 6.45) is 12.0. The van der Waals surface area contributed by atoms with Crippen molar-refractivity contribution in [3.8, 4) is 0 Å². The average molecular weight is 436 g/mol. The lowest BCUT2D eigenvalue weighted by Gasteiger charge is -2.38. The summed E-state index contributed by atoms with van der Waals surface area (Å²) in [5.41, 5.74) is 6.78. The van der Waals surface area contributed by atoms with Crippen LogP contribution in [0.1, 0.15) is 28.3 Å². The highest BCUT2D eigenvalue weighted by atomic mass is 19.2. The van der Waals surface area contributed by atoms with Gasteiger partial charge in [0.15, 0.2) is 0 Å². The molecule has 2 nitrogen and oxygen atoms in total. The molecule has 3 aromatic rings. The molecule has 2 atom stereocenters. The Morgan fingerprint density at radius 3 is 2.30 bits per heavy atom. The van der Waals surface area contributed by atoms with Gasteiger partial charge in [0.2, 0.25) is 0 Å². The van der Waals surface area contributed by atoms with Gasteiger partial charge in [-0.05, 0) is 53.1 Å². The van der Waals surface area contributed by atoms with Crippen LogP contribution >= 0.6 is 0 Å². The van der Waals surface area contributed by atoms with Gasteiger partial charge in [-0.15, -0.1) is 0 Å². The largest absolute Gasteiger partial charge is 0.286 e. The molecular weight excluding hydrogens is 407 g/mol. The first-order valence-corrected chi connectivity index (χ1v) is 11.4. The summed E-state index contributed by atoms with van der Waals surface area (Å²) < 4.78 is 15.8. The molecular formula is C30H28FN2+. The van der Waals surface area contributed by atoms with E-state index in [1.165, 1.54) is 11.3 Å². The van der Waals surface area contributed by atoms with Crippen LogP contribution in [0, 0.1) is 0 Å². The van der Waals surface area contributed by atoms with Crippen LogP contribution in [0.5, 0.6) is 0 Å². The average Bonchev–Trinajstić information content (AvgIpc) is 2.86. The van der Waals surface area contributed by atoms with E-state index in [2.05, 4.69) is 79.9 Å². The van der Waals surface area contributed by atoms with Crippen molar-refractivity contribution < 1.29 is 8.96 Å². The Bertz CT molecular complexity index is 1240. The van der Waals surface area contributed by atoms with Crippen LogP contribution in [0.4, 0.5) is 4.48 Å². The second-order valence-corrected chi connectivity index (χ2v) is 8.87. The molecule has 0 saturated carbocycles. The van der Waals surface area contributed by atoms with Crippen molar-refractivity contribution in [2.75, 3.05) is 13.6 Å². The number of quaternary nitrogens is 1. The van der Waals surface area contributed by atoms with Gasteiger partial charge in [-0.25, -0.2) is 5.12 Å². The summed E-state index contributed by atoms with van der Waals surface area (Å²) in [5, 5.41) is 0.815. The van der Waals surface area contributed by atoms with Crippen molar-refractivity contribution in [2.45, 2.75) is 12.6 Å². The maximum absolute atomic E-state index is 15.1. The second-order valence-electron chi connectivity index (χ2n) is 8.87. The van der Waals surface area contributed by atoms with E-state index in [0.29, 0.717) is 0 Å². The van der Waals surface area contributed by atoms with Crippen LogP contribution in [-0.4, -0.2) is 23.2 Å². The van der Waals surface area contributed by atoms with Crippen molar-refractivity contribution in [2.24, 2.45) is 0 Å². The molecule has 2 heterocycles. The highest BCUT2D eigenvalue weighted by molar-refractivity contribution is 5.75. The van der Waals surface area contributed by atoms with Crippen LogP contribution in [0.15, 0.2) is 122 Å². The molecule has 2 aliphatic rings. The van der Waals surface area contributed by atoms with Crippen molar-refractivity contribution in [1.29, 1.82) is 0 Å². The van der Waals surface area contributed by atoms with Crippen LogP contribution in [0.2, 0.25) is 0 Å². The van der Waals surface area contributed by atoms with Crippen molar-refractivity contribution in [3.05, 3.63) is 144 Å². The van der Waals surface area contributed by atoms with Crippen LogP contribution in [0.25, 0.3) is 11.3 Å². The molecule has 0 saturated heterocycles. The molecule has 0 spiro atoms. The third-order valence-electron chi connectivity index (χ3n) is 6.55. The zero-order chi connectivity index (χ0) is 22.7. The van der Waals surface area contributed by atoms with Gasteiger partial charge >= 0.3 is 0 Å². The number of rotatable bonds is 5. The molecule has 5 rings (SSSR count). The Morgan fingerprint density at radius 1 is 0.879 bits per heavy atom. The first-order chi connectivity index (χ1) is 16.1. The van der Waals surface area contributed by atoms with Gasteiger partial charge in [0.05, 0.1) is 7.05 Å². The Kier molecular flexibility index (Phi) is 5.80. The quantitative estimate of drug-likeness (QED) is 0.306. The zero-order valence-corrected chi connectivity index (χ0v) is 18.8. The Labute approximate surface area is 195 Å². The molecule has 0 aromatic heterocycles. The number of hydrogen-bond acceptors (Lipinski definition) is 1. The topological polar surface area (TPSA) is 3.24 Å². The third kappa shape index (κ3) is 4.33. The smallest absolute Gasteiger partial charge is 0.140 e. The van der Waals surface area contributed by atoms with Gasteiger partial charge in [0.25, 0.3) is 0 Å². The van der Waals surface area contributed by atoms with Gasteiger partial charge in [-0.3, -0.25) is 4.48 Å². The molecule has 164 valence electrons. The minimum atomic E-state index is -0.461. The predicted molar refractivity (Wildman–Crippen MR) is 134 cm³/mol. The van der Waals surface area contributed by atoms with Gasteiger partial charge in [0, 0.05) is 17.3 Å². The monoisotopic (exact) mass is 435 g/mol. The number of nitrogens with zero attached hydrogens (tertiary/aromatic N) is 2. The van der Waals surface area contributed by atoms with Crippen LogP contribution in [-0.2, 0) is 6.54 Å². The SMILES string of the molecule is C[N+]1(Cc2ccccc2C2C=C(c3ccccc3)C=CN2F)CC=CC=C1c1ccccc1. The van der Waals surface area contributed by atoms with E-state index in [1.807, 2.05) is 42.5 Å². The molecule has 3 aromatic carbocycles. The van der Waals surface area contributed by atoms with E-state index in [4.69, 9.17) is 0 Å². The maximum atomic E-state index is 15.1. The van der Waals surface area contributed by atoms with E-state index in [9.17, 15) is 0 Å². The fourth-order valence-corrected chi connectivity index (χ4v) is 4.83. The number of hydrogen-bond donors (Lipinski definition) is 0. The summed E-state index contributed by atoms with van der Waals surface area (Å²) >= 11 is 0. The Balaban J connectivity index is 1.51. The molecule has 0 fully saturated rings. The minimum absolute atomic E-state index is 0.461. The maximum Gasteiger partial charge on any atom is 0.140 e. The lowest BCUT2D eigenvalue weighted by molar-refractivity contribution is -0.847. The van der Waals surface area contributed by atoms with Crippen LogP contribution in [0.3, 0.4) is 0 Å². The van der Waals surface area contributed by atoms with Crippen molar-refractivity contribution >= 4 is 11.3 Å². The van der Waals surface area contributed by atoms with E-state index in [-0.39, 0.29) is 0 Å². The minimum Gasteiger partial charge on any atom is -0.286 e. The van der Waals surface area contributed by atoms with Crippen LogP contribution < -0.4 is 0 Å². The molecule has 2 unspecified atom stereocenters. The third-order valence-corrected chi connectivity index (χ3v) is 6.55. The zero-order valence-electron chi connectivity index (χ0n) is 18.8. The van der Waals surface area contributed by atoms with Gasteiger partial charge < -0.3 is 0 Å². The summed E-state index contributed by atoms with van der Waals surface area (Å²) in [7, 11) is 2.26. The Hall–Kier alpha value is -3.69. The number of likely N-dealkylation sites (N-methyl/N-ethyl adjacent to an activating group) is 1. The van der Waals surface area contributed by atoms with Gasteiger partial charge in [-0.2, -0.15) is 0 Å². The Morgan fingerprint density at radius 2 is 1.55 bits per heavy atom. The normalized spacial score (nSPS) is 22.1. The number of halogens is 1. The molecule has 0 amide bonds. The molecule has 33 heavy (non-hydrogen) atoms. The summed E-state index contributed by atoms with van der Waals surface area (Å²) in [5.74, 6) is 0. The lowest BCUT2D eigenvalue weighted by Crippen LogP contribution is -2.43. The standard InChI is InChI=1S/C30H28FN2/c1-33(21-11-10-18-30(33)25-14-6-3-7-15-25)23-27-16-8-9-17-28(27)29-22-26(19-20-32(29)31)24-12-4-2-5-13-24/h2-20,22,29H,21,23H2,1H3/q+1. The number of benzene rings is 3. The van der Waals surface area contributed by atoms with E-state index < -0.39 is 6.04 Å². The molecule has 0 bridgehead atoms. The fraction of sp³-hybridized carbons (Fsp3) is 0.133. The van der Waals surface area contributed by atoms with Crippen molar-refractivity contribution in [1.82, 2.24) is 5.12 Å². The summed E-state index contributed by atoms with van der Waals surface area (Å²) in [6.45, 7) is 1.67. The van der Waals surface area contributed by atoms with E-state index >= 15 is 4.48 Å². The molecule has 2 aliphatic heterocycles. The fourth-order valence-electron chi connectivity index (χ4n) is 4.83. The van der Waals surface area contributed by atoms with Gasteiger partial charge in [0.1, 0.15) is 24.8 Å². The molecule has 0 N–H and O–H groups in total. The highest BCUT2D eigenvalue weighted by Crippen LogP contribution is 2.37. The summed E-state index contributed by atoms with van der Waals surface area (Å²) in [4.78, 5) is 0. The van der Waals surface area contributed by atoms with E-state index in [1.54, 1.807) is 6.20 Å².